The van der Waals surface area contributed by atoms with E-state index in [2.05, 4.69) is 12.2 Å². The maximum atomic E-state index is 13.3. The molecule has 3 rings (SSSR count). The summed E-state index contributed by atoms with van der Waals surface area (Å²) in [4.78, 5) is 43.3. The second-order valence-electron chi connectivity index (χ2n) is 9.56. The van der Waals surface area contributed by atoms with Gasteiger partial charge in [0.15, 0.2) is 5.16 Å². The van der Waals surface area contributed by atoms with Gasteiger partial charge in [-0.25, -0.2) is 4.98 Å². The highest BCUT2D eigenvalue weighted by atomic mass is 35.5. The molecule has 0 saturated heterocycles. The third-order valence-corrected chi connectivity index (χ3v) is 6.89. The van der Waals surface area contributed by atoms with Gasteiger partial charge in [-0.1, -0.05) is 76.0 Å². The number of Topliss-reactive ketones (excluding diaryl/α,β-unsaturated/α-hetero) is 1. The van der Waals surface area contributed by atoms with E-state index in [4.69, 9.17) is 16.6 Å². The van der Waals surface area contributed by atoms with Crippen molar-refractivity contribution < 1.29 is 9.59 Å². The summed E-state index contributed by atoms with van der Waals surface area (Å²) in [5, 5.41) is 4.45. The number of nitrogens with zero attached hydrogens (tertiary/aromatic N) is 2. The SMILES string of the molecule is CCCCCn1c(SCC(=O)C(C)(C)C)nc2cc(C(=O)NCc3cccc(Cl)c3)ccc2c1=O. The van der Waals surface area contributed by atoms with Gasteiger partial charge in [0.05, 0.1) is 16.7 Å². The average molecular weight is 514 g/mol. The van der Waals surface area contributed by atoms with Gasteiger partial charge in [0, 0.05) is 29.1 Å². The van der Waals surface area contributed by atoms with Gasteiger partial charge in [-0.3, -0.25) is 19.0 Å². The van der Waals surface area contributed by atoms with E-state index >= 15 is 0 Å². The second-order valence-corrected chi connectivity index (χ2v) is 10.9. The standard InChI is InChI=1S/C27H32ClN3O3S/c1-5-6-7-13-31-25(34)21-12-11-19(24(33)29-16-18-9-8-10-20(28)14-18)15-22(21)30-26(31)35-17-23(32)27(2,3)4/h8-12,14-15H,5-7,13,16-17H2,1-4H3,(H,29,33). The van der Waals surface area contributed by atoms with Crippen molar-refractivity contribution in [2.24, 2.45) is 5.41 Å². The molecule has 35 heavy (non-hydrogen) atoms. The molecule has 0 aliphatic rings. The Morgan fingerprint density at radius 3 is 2.57 bits per heavy atom. The summed E-state index contributed by atoms with van der Waals surface area (Å²) in [7, 11) is 0. The quantitative estimate of drug-likeness (QED) is 0.208. The molecule has 0 radical (unpaired) electrons. The van der Waals surface area contributed by atoms with Crippen molar-refractivity contribution in [2.75, 3.05) is 5.75 Å². The molecule has 1 aromatic heterocycles. The number of carbonyl (C=O) groups excluding carboxylic acids is 2. The van der Waals surface area contributed by atoms with E-state index in [1.54, 1.807) is 34.9 Å². The van der Waals surface area contributed by atoms with Gasteiger partial charge in [0.25, 0.3) is 11.5 Å². The summed E-state index contributed by atoms with van der Waals surface area (Å²) in [6, 6.07) is 12.2. The van der Waals surface area contributed by atoms with Crippen LogP contribution >= 0.6 is 23.4 Å². The predicted octanol–water partition coefficient (Wildman–Crippen LogP) is 5.88. The molecule has 0 atom stereocenters. The largest absolute Gasteiger partial charge is 0.348 e. The minimum atomic E-state index is -0.467. The lowest BCUT2D eigenvalue weighted by molar-refractivity contribution is -0.123. The van der Waals surface area contributed by atoms with Crippen LogP contribution in [-0.4, -0.2) is 27.0 Å². The smallest absolute Gasteiger partial charge is 0.262 e. The molecule has 2 aromatic carbocycles. The lowest BCUT2D eigenvalue weighted by Crippen LogP contribution is -2.26. The number of amides is 1. The molecule has 0 aliphatic heterocycles. The first kappa shape index (κ1) is 27.0. The van der Waals surface area contributed by atoms with E-state index < -0.39 is 5.41 Å². The molecule has 186 valence electrons. The monoisotopic (exact) mass is 513 g/mol. The van der Waals surface area contributed by atoms with E-state index in [0.717, 1.165) is 24.8 Å². The summed E-state index contributed by atoms with van der Waals surface area (Å²) in [6.07, 6.45) is 2.89. The molecule has 0 fully saturated rings. The molecule has 0 unspecified atom stereocenters. The number of halogens is 1. The number of unbranched alkanes of at least 4 members (excludes halogenated alkanes) is 2. The van der Waals surface area contributed by atoms with Gasteiger partial charge in [-0.15, -0.1) is 0 Å². The first-order chi connectivity index (χ1) is 16.6. The zero-order chi connectivity index (χ0) is 25.6. The molecule has 6 nitrogen and oxygen atoms in total. The fourth-order valence-corrected chi connectivity index (χ4v) is 4.85. The second kappa shape index (κ2) is 11.9. The molecule has 0 spiro atoms. The molecule has 0 aliphatic carbocycles. The van der Waals surface area contributed by atoms with Gasteiger partial charge in [0.2, 0.25) is 0 Å². The van der Waals surface area contributed by atoms with Gasteiger partial charge in [0.1, 0.15) is 5.78 Å². The summed E-state index contributed by atoms with van der Waals surface area (Å²) in [5.41, 5.74) is 1.13. The number of benzene rings is 2. The Morgan fingerprint density at radius 2 is 1.89 bits per heavy atom. The number of carbonyl (C=O) groups is 2. The van der Waals surface area contributed by atoms with Crippen LogP contribution in [0.4, 0.5) is 0 Å². The number of fused-ring (bicyclic) bond motifs is 1. The van der Waals surface area contributed by atoms with Crippen LogP contribution in [0.2, 0.25) is 5.02 Å². The molecule has 0 bridgehead atoms. The van der Waals surface area contributed by atoms with E-state index in [-0.39, 0.29) is 23.0 Å². The topological polar surface area (TPSA) is 81.1 Å². The molecule has 8 heteroatoms. The van der Waals surface area contributed by atoms with E-state index in [1.165, 1.54) is 11.8 Å². The highest BCUT2D eigenvalue weighted by Gasteiger charge is 2.22. The Bertz CT molecular complexity index is 1280. The zero-order valence-electron chi connectivity index (χ0n) is 20.7. The summed E-state index contributed by atoms with van der Waals surface area (Å²) < 4.78 is 1.66. The van der Waals surface area contributed by atoms with Crippen molar-refractivity contribution in [2.45, 2.75) is 65.2 Å². The molecular formula is C27H32ClN3O3S. The van der Waals surface area contributed by atoms with Crippen LogP contribution < -0.4 is 10.9 Å². The summed E-state index contributed by atoms with van der Waals surface area (Å²) >= 11 is 7.30. The molecule has 1 heterocycles. The minimum absolute atomic E-state index is 0.0890. The fourth-order valence-electron chi connectivity index (χ4n) is 3.45. The highest BCUT2D eigenvalue weighted by Crippen LogP contribution is 2.24. The maximum Gasteiger partial charge on any atom is 0.262 e. The van der Waals surface area contributed by atoms with E-state index in [1.807, 2.05) is 32.9 Å². The number of ketones is 1. The van der Waals surface area contributed by atoms with Crippen molar-refractivity contribution in [3.8, 4) is 0 Å². The Kier molecular flexibility index (Phi) is 9.14. The number of nitrogens with one attached hydrogen (secondary N) is 1. The molecular weight excluding hydrogens is 482 g/mol. The minimum Gasteiger partial charge on any atom is -0.348 e. The Hall–Kier alpha value is -2.64. The maximum absolute atomic E-state index is 13.3. The van der Waals surface area contributed by atoms with Crippen molar-refractivity contribution >= 4 is 46.0 Å². The van der Waals surface area contributed by atoms with Gasteiger partial charge in [-0.2, -0.15) is 0 Å². The highest BCUT2D eigenvalue weighted by molar-refractivity contribution is 7.99. The predicted molar refractivity (Wildman–Crippen MR) is 143 cm³/mol. The number of thioether (sulfide) groups is 1. The normalized spacial score (nSPS) is 11.6. The van der Waals surface area contributed by atoms with E-state index in [9.17, 15) is 14.4 Å². The summed E-state index contributed by atoms with van der Waals surface area (Å²) in [6.45, 7) is 8.63. The van der Waals surface area contributed by atoms with Crippen LogP contribution in [0.15, 0.2) is 52.4 Å². The first-order valence-electron chi connectivity index (χ1n) is 11.8. The summed E-state index contributed by atoms with van der Waals surface area (Å²) in [5.74, 6) is 0.0543. The van der Waals surface area contributed by atoms with Crippen molar-refractivity contribution in [3.05, 3.63) is 69.0 Å². The lowest BCUT2D eigenvalue weighted by Gasteiger charge is -2.17. The van der Waals surface area contributed by atoms with Crippen molar-refractivity contribution in [3.63, 3.8) is 0 Å². The lowest BCUT2D eigenvalue weighted by atomic mass is 9.92. The zero-order valence-corrected chi connectivity index (χ0v) is 22.3. The Morgan fingerprint density at radius 1 is 1.11 bits per heavy atom. The Labute approximate surface area is 215 Å². The van der Waals surface area contributed by atoms with Crippen LogP contribution in [0.1, 0.15) is 62.9 Å². The third-order valence-electron chi connectivity index (χ3n) is 5.68. The van der Waals surface area contributed by atoms with Gasteiger partial charge < -0.3 is 5.32 Å². The van der Waals surface area contributed by atoms with Crippen LogP contribution in [0.5, 0.6) is 0 Å². The number of hydrogen-bond acceptors (Lipinski definition) is 5. The number of hydrogen-bond donors (Lipinski definition) is 1. The van der Waals surface area contributed by atoms with E-state index in [0.29, 0.717) is 39.7 Å². The molecule has 3 aromatic rings. The molecule has 1 amide bonds. The fraction of sp³-hybridized carbons (Fsp3) is 0.407. The first-order valence-corrected chi connectivity index (χ1v) is 13.2. The Balaban J connectivity index is 1.89. The molecule has 0 saturated carbocycles. The van der Waals surface area contributed by atoms with Crippen LogP contribution in [0.25, 0.3) is 10.9 Å². The van der Waals surface area contributed by atoms with Crippen molar-refractivity contribution in [1.82, 2.24) is 14.9 Å². The number of aromatic nitrogens is 2. The van der Waals surface area contributed by atoms with Crippen LogP contribution in [0.3, 0.4) is 0 Å². The van der Waals surface area contributed by atoms with Gasteiger partial charge in [-0.05, 0) is 42.3 Å². The van der Waals surface area contributed by atoms with Crippen LogP contribution in [0, 0.1) is 5.41 Å². The number of rotatable bonds is 10. The van der Waals surface area contributed by atoms with Crippen LogP contribution in [-0.2, 0) is 17.9 Å². The average Bonchev–Trinajstić information content (AvgIpc) is 2.81. The van der Waals surface area contributed by atoms with Crippen molar-refractivity contribution in [1.29, 1.82) is 0 Å². The van der Waals surface area contributed by atoms with Gasteiger partial charge >= 0.3 is 0 Å². The third kappa shape index (κ3) is 7.18. The molecule has 1 N–H and O–H groups in total.